The first-order chi connectivity index (χ1) is 9.81. The van der Waals surface area contributed by atoms with E-state index >= 15 is 0 Å². The predicted molar refractivity (Wildman–Crippen MR) is 77.9 cm³/mol. The number of rotatable bonds is 4. The summed E-state index contributed by atoms with van der Waals surface area (Å²) in [6.45, 7) is 2.43. The average Bonchev–Trinajstić information content (AvgIpc) is 3.07. The molecule has 2 N–H and O–H groups in total. The number of aromatic nitrogens is 2. The van der Waals surface area contributed by atoms with E-state index in [1.807, 2.05) is 18.2 Å². The summed E-state index contributed by atoms with van der Waals surface area (Å²) in [5.74, 6) is 1.03. The molecule has 0 bridgehead atoms. The lowest BCUT2D eigenvalue weighted by Crippen LogP contribution is -2.25. The van der Waals surface area contributed by atoms with Crippen LogP contribution in [0.3, 0.4) is 0 Å². The summed E-state index contributed by atoms with van der Waals surface area (Å²) in [5, 5.41) is 13.3. The molecule has 0 aromatic carbocycles. The van der Waals surface area contributed by atoms with Crippen LogP contribution in [0.5, 0.6) is 0 Å². The van der Waals surface area contributed by atoms with Crippen molar-refractivity contribution in [2.24, 2.45) is 0 Å². The molecular formula is C15H20N4O. The number of aliphatic hydroxyl groups is 1. The van der Waals surface area contributed by atoms with Gasteiger partial charge in [0.05, 0.1) is 11.8 Å². The fourth-order valence-corrected chi connectivity index (χ4v) is 2.91. The molecule has 5 nitrogen and oxygen atoms in total. The highest BCUT2D eigenvalue weighted by Crippen LogP contribution is 2.27. The molecule has 1 saturated heterocycles. The Bertz CT molecular complexity index is 619. The van der Waals surface area contributed by atoms with Crippen LogP contribution in [0.4, 0.5) is 5.82 Å². The van der Waals surface area contributed by atoms with E-state index in [9.17, 15) is 5.11 Å². The normalized spacial score (nSPS) is 22.9. The summed E-state index contributed by atoms with van der Waals surface area (Å²) in [6.07, 6.45) is 5.26. The average molecular weight is 272 g/mol. The third-order valence-corrected chi connectivity index (χ3v) is 4.21. The van der Waals surface area contributed by atoms with E-state index in [2.05, 4.69) is 20.8 Å². The summed E-state index contributed by atoms with van der Waals surface area (Å²) in [7, 11) is 0. The zero-order chi connectivity index (χ0) is 13.5. The zero-order valence-corrected chi connectivity index (χ0v) is 11.5. The number of pyridine rings is 1. The van der Waals surface area contributed by atoms with Gasteiger partial charge in [-0.2, -0.15) is 0 Å². The Hall–Kier alpha value is -1.59. The molecule has 4 rings (SSSR count). The SMILES string of the molecule is OC1CCN(c2nc3ccccn3c2CNC2CC2)C1. The van der Waals surface area contributed by atoms with Crippen LogP contribution in [0.15, 0.2) is 24.4 Å². The maximum Gasteiger partial charge on any atom is 0.152 e. The first-order valence-corrected chi connectivity index (χ1v) is 7.43. The van der Waals surface area contributed by atoms with Crippen molar-refractivity contribution in [1.29, 1.82) is 0 Å². The van der Waals surface area contributed by atoms with Crippen molar-refractivity contribution >= 4 is 11.5 Å². The Morgan fingerprint density at radius 1 is 1.30 bits per heavy atom. The van der Waals surface area contributed by atoms with Gasteiger partial charge in [-0.15, -0.1) is 0 Å². The number of aliphatic hydroxyl groups excluding tert-OH is 1. The number of nitrogens with zero attached hydrogens (tertiary/aromatic N) is 3. The van der Waals surface area contributed by atoms with Crippen molar-refractivity contribution in [1.82, 2.24) is 14.7 Å². The summed E-state index contributed by atoms with van der Waals surface area (Å²) in [5.41, 5.74) is 2.19. The molecule has 2 aliphatic rings. The Morgan fingerprint density at radius 3 is 2.95 bits per heavy atom. The molecule has 1 saturated carbocycles. The molecule has 2 aromatic heterocycles. The first-order valence-electron chi connectivity index (χ1n) is 7.43. The Kier molecular flexibility index (Phi) is 2.89. The molecule has 1 aliphatic heterocycles. The van der Waals surface area contributed by atoms with Crippen molar-refractivity contribution < 1.29 is 5.11 Å². The summed E-state index contributed by atoms with van der Waals surface area (Å²) in [4.78, 5) is 6.98. The summed E-state index contributed by atoms with van der Waals surface area (Å²) in [6, 6.07) is 6.78. The molecule has 1 aliphatic carbocycles. The number of anilines is 1. The van der Waals surface area contributed by atoms with E-state index in [-0.39, 0.29) is 6.10 Å². The molecule has 5 heteroatoms. The van der Waals surface area contributed by atoms with E-state index < -0.39 is 0 Å². The quantitative estimate of drug-likeness (QED) is 0.877. The van der Waals surface area contributed by atoms with Gasteiger partial charge in [0.1, 0.15) is 5.65 Å². The molecular weight excluding hydrogens is 252 g/mol. The minimum atomic E-state index is -0.218. The maximum atomic E-state index is 9.76. The van der Waals surface area contributed by atoms with Crippen molar-refractivity contribution in [2.75, 3.05) is 18.0 Å². The second-order valence-electron chi connectivity index (χ2n) is 5.85. The molecule has 1 unspecified atom stereocenters. The van der Waals surface area contributed by atoms with Gasteiger partial charge in [0, 0.05) is 31.9 Å². The fourth-order valence-electron chi connectivity index (χ4n) is 2.91. The van der Waals surface area contributed by atoms with Crippen LogP contribution in [0.1, 0.15) is 25.0 Å². The Balaban J connectivity index is 1.71. The van der Waals surface area contributed by atoms with Gasteiger partial charge in [-0.3, -0.25) is 0 Å². The van der Waals surface area contributed by atoms with E-state index in [1.165, 1.54) is 18.5 Å². The van der Waals surface area contributed by atoms with Crippen LogP contribution in [0.2, 0.25) is 0 Å². The zero-order valence-electron chi connectivity index (χ0n) is 11.5. The van der Waals surface area contributed by atoms with Crippen LogP contribution in [-0.2, 0) is 6.54 Å². The lowest BCUT2D eigenvalue weighted by atomic mass is 10.3. The number of imidazole rings is 1. The summed E-state index contributed by atoms with van der Waals surface area (Å²) >= 11 is 0. The monoisotopic (exact) mass is 272 g/mol. The molecule has 1 atom stereocenters. The molecule has 106 valence electrons. The van der Waals surface area contributed by atoms with Crippen molar-refractivity contribution in [2.45, 2.75) is 38.0 Å². The standard InChI is InChI=1S/C15H20N4O/c20-12-6-8-18(10-12)15-13(9-16-11-4-5-11)19-7-2-1-3-14(19)17-15/h1-3,7,11-12,16,20H,4-6,8-10H2. The highest BCUT2D eigenvalue weighted by molar-refractivity contribution is 5.56. The fraction of sp³-hybridized carbons (Fsp3) is 0.533. The molecule has 0 spiro atoms. The van der Waals surface area contributed by atoms with Gasteiger partial charge < -0.3 is 19.7 Å². The molecule has 3 heterocycles. The summed E-state index contributed by atoms with van der Waals surface area (Å²) < 4.78 is 2.16. The minimum absolute atomic E-state index is 0.218. The highest BCUT2D eigenvalue weighted by atomic mass is 16.3. The molecule has 2 fully saturated rings. The van der Waals surface area contributed by atoms with Crippen molar-refractivity contribution in [3.8, 4) is 0 Å². The number of β-amino-alcohol motifs (C(OH)–C–C–N with tert-alkyl or cyclic N) is 1. The first kappa shape index (κ1) is 12.2. The van der Waals surface area contributed by atoms with Crippen LogP contribution in [0.25, 0.3) is 5.65 Å². The predicted octanol–water partition coefficient (Wildman–Crippen LogP) is 1.16. The van der Waals surface area contributed by atoms with Gasteiger partial charge in [-0.05, 0) is 31.4 Å². The van der Waals surface area contributed by atoms with Crippen LogP contribution < -0.4 is 10.2 Å². The Morgan fingerprint density at radius 2 is 2.20 bits per heavy atom. The van der Waals surface area contributed by atoms with Gasteiger partial charge in [0.2, 0.25) is 0 Å². The van der Waals surface area contributed by atoms with Crippen LogP contribution in [0, 0.1) is 0 Å². The minimum Gasteiger partial charge on any atom is -0.391 e. The van der Waals surface area contributed by atoms with Crippen molar-refractivity contribution in [3.05, 3.63) is 30.1 Å². The van der Waals surface area contributed by atoms with Gasteiger partial charge in [0.15, 0.2) is 5.82 Å². The number of nitrogens with one attached hydrogen (secondary N) is 1. The number of hydrogen-bond acceptors (Lipinski definition) is 4. The second kappa shape index (κ2) is 4.75. The third-order valence-electron chi connectivity index (χ3n) is 4.21. The number of hydrogen-bond donors (Lipinski definition) is 2. The van der Waals surface area contributed by atoms with E-state index in [0.29, 0.717) is 12.6 Å². The molecule has 2 aromatic rings. The van der Waals surface area contributed by atoms with E-state index in [4.69, 9.17) is 4.98 Å². The molecule has 0 amide bonds. The highest BCUT2D eigenvalue weighted by Gasteiger charge is 2.27. The van der Waals surface area contributed by atoms with E-state index in [0.717, 1.165) is 31.0 Å². The maximum absolute atomic E-state index is 9.76. The second-order valence-corrected chi connectivity index (χ2v) is 5.85. The lowest BCUT2D eigenvalue weighted by Gasteiger charge is -2.17. The lowest BCUT2D eigenvalue weighted by molar-refractivity contribution is 0.198. The largest absolute Gasteiger partial charge is 0.391 e. The van der Waals surface area contributed by atoms with Gasteiger partial charge in [-0.25, -0.2) is 4.98 Å². The topological polar surface area (TPSA) is 52.8 Å². The smallest absolute Gasteiger partial charge is 0.152 e. The third kappa shape index (κ3) is 2.17. The van der Waals surface area contributed by atoms with Gasteiger partial charge in [-0.1, -0.05) is 6.07 Å². The van der Waals surface area contributed by atoms with Crippen LogP contribution >= 0.6 is 0 Å². The van der Waals surface area contributed by atoms with Gasteiger partial charge >= 0.3 is 0 Å². The molecule has 0 radical (unpaired) electrons. The van der Waals surface area contributed by atoms with Crippen molar-refractivity contribution in [3.63, 3.8) is 0 Å². The van der Waals surface area contributed by atoms with Gasteiger partial charge in [0.25, 0.3) is 0 Å². The number of fused-ring (bicyclic) bond motifs is 1. The Labute approximate surface area is 118 Å². The molecule has 20 heavy (non-hydrogen) atoms. The van der Waals surface area contributed by atoms with Crippen LogP contribution in [-0.4, -0.2) is 39.7 Å². The van der Waals surface area contributed by atoms with E-state index in [1.54, 1.807) is 0 Å².